The molecule has 0 fully saturated rings. The third-order valence-electron chi connectivity index (χ3n) is 16.5. The minimum atomic E-state index is -0.867. The highest BCUT2D eigenvalue weighted by Crippen LogP contribution is 2.35. The van der Waals surface area contributed by atoms with E-state index in [1.54, 1.807) is 19.9 Å². The second kappa shape index (κ2) is 25.0. The first-order valence-corrected chi connectivity index (χ1v) is 29.4. The van der Waals surface area contributed by atoms with Crippen LogP contribution < -0.4 is 13.7 Å². The van der Waals surface area contributed by atoms with E-state index in [-0.39, 0.29) is 43.0 Å². The molecule has 4 N–H and O–H groups in total. The van der Waals surface area contributed by atoms with E-state index in [1.165, 1.54) is 0 Å². The Kier molecular flexibility index (Phi) is 16.5. The molecule has 0 spiro atoms. The summed E-state index contributed by atoms with van der Waals surface area (Å²) < 4.78 is 5.92. The Balaban J connectivity index is 0.000000115. The molecule has 0 atom stereocenters. The lowest BCUT2D eigenvalue weighted by Crippen LogP contribution is -2.36. The number of allylic oxidation sites excluding steroid dienone is 3. The van der Waals surface area contributed by atoms with Crippen molar-refractivity contribution in [3.63, 3.8) is 0 Å². The zero-order valence-corrected chi connectivity index (χ0v) is 48.8. The van der Waals surface area contributed by atoms with E-state index < -0.39 is 5.60 Å². The Morgan fingerprint density at radius 1 is 0.341 bits per heavy atom. The lowest BCUT2D eigenvalue weighted by molar-refractivity contribution is -0.688. The van der Waals surface area contributed by atoms with Crippen LogP contribution in [0.15, 0.2) is 241 Å². The van der Waals surface area contributed by atoms with Crippen molar-refractivity contribution in [2.45, 2.75) is 52.1 Å². The molecule has 0 radical (unpaired) electrons. The molecule has 0 unspecified atom stereocenters. The van der Waals surface area contributed by atoms with Crippen LogP contribution in [-0.2, 0) is 38.3 Å². The highest BCUT2D eigenvalue weighted by molar-refractivity contribution is 6.25. The third-order valence-corrected chi connectivity index (χ3v) is 16.5. The van der Waals surface area contributed by atoms with Crippen LogP contribution in [0, 0.1) is 0 Å². The van der Waals surface area contributed by atoms with Gasteiger partial charge in [-0.05, 0) is 105 Å². The predicted octanol–water partition coefficient (Wildman–Crippen LogP) is 11.9. The van der Waals surface area contributed by atoms with Gasteiger partial charge in [0, 0.05) is 92.4 Å². The molecule has 0 aliphatic heterocycles. The molecular formula is C77H64N3O8+3. The van der Waals surface area contributed by atoms with Gasteiger partial charge in [-0.15, -0.1) is 0 Å². The fourth-order valence-electron chi connectivity index (χ4n) is 12.0. The number of carbonyl (C=O) groups excluding carboxylic acids is 4. The minimum Gasteiger partial charge on any atom is -0.396 e. The number of aliphatic hydroxyl groups is 4. The summed E-state index contributed by atoms with van der Waals surface area (Å²) >= 11 is 0. The number of aliphatic hydroxyl groups excluding tert-OH is 3. The molecule has 3 aromatic heterocycles. The quantitative estimate of drug-likeness (QED) is 0.0931. The standard InChI is InChI=1S/C22H20NO2.C21H18NO2.C20H16NO2.C14H10O2/c1-22(2,25)18-9-11-23(12-10-18)14-17-13-16-7-3-5-15-6-4-8-19(20(15)16)21(17)24;23-12-9-15-7-10-22(11-8-15)14-18-13-17-5-1-3-16-4-2-6-19(20(16)17)21(18)24;22-13-14-7-9-21(10-8-14)12-17-11-16-5-1-3-15-4-2-6-18(19(15)16)20(17)23;15-8-11-7-10-5-1-3-9-4-2-6-12(13(9)10)14(11)16/h3-13,25H,14H2,1-2H3;1-8,10-11,13,23H,9,12,14H2;1-11,22H,12-13H2;1-7,15H,8H2/q3*+1;. The first-order chi connectivity index (χ1) is 42.8. The predicted molar refractivity (Wildman–Crippen MR) is 344 cm³/mol. The lowest BCUT2D eigenvalue weighted by Gasteiger charge is -2.17. The van der Waals surface area contributed by atoms with Crippen LogP contribution in [0.1, 0.15) is 94.2 Å². The summed E-state index contributed by atoms with van der Waals surface area (Å²) in [6.07, 6.45) is 19.9. The van der Waals surface area contributed by atoms with Crippen molar-refractivity contribution >= 4 is 90.5 Å². The molecule has 11 aromatic rings. The van der Waals surface area contributed by atoms with Gasteiger partial charge in [-0.25, -0.2) is 13.7 Å². The fourth-order valence-corrected chi connectivity index (χ4v) is 12.0. The van der Waals surface area contributed by atoms with Gasteiger partial charge in [-0.1, -0.05) is 146 Å². The second-order valence-corrected chi connectivity index (χ2v) is 22.9. The zero-order valence-electron chi connectivity index (χ0n) is 48.8. The molecule has 0 saturated heterocycles. The molecule has 0 saturated carbocycles. The highest BCUT2D eigenvalue weighted by atomic mass is 16.3. The topological polar surface area (TPSA) is 161 Å². The van der Waals surface area contributed by atoms with Crippen molar-refractivity contribution in [1.29, 1.82) is 0 Å². The molecule has 0 bridgehead atoms. The number of benzene rings is 8. The maximum atomic E-state index is 12.9. The Labute approximate surface area is 509 Å². The van der Waals surface area contributed by atoms with E-state index >= 15 is 0 Å². The molecule has 3 heterocycles. The minimum absolute atomic E-state index is 0.0256. The van der Waals surface area contributed by atoms with Gasteiger partial charge in [0.05, 0.1) is 35.5 Å². The van der Waals surface area contributed by atoms with E-state index in [1.807, 2.05) is 233 Å². The molecule has 0 amide bonds. The van der Waals surface area contributed by atoms with Gasteiger partial charge in [0.15, 0.2) is 79.9 Å². The average molecular weight is 1160 g/mol. The first kappa shape index (κ1) is 58.1. The number of rotatable bonds is 11. The summed E-state index contributed by atoms with van der Waals surface area (Å²) in [6, 6.07) is 59.1. The number of Topliss-reactive ketones (excluding diaryl/α,β-unsaturated/α-hetero) is 4. The number of ketones is 4. The van der Waals surface area contributed by atoms with Crippen LogP contribution in [0.4, 0.5) is 0 Å². The third kappa shape index (κ3) is 11.9. The first-order valence-electron chi connectivity index (χ1n) is 29.4. The highest BCUT2D eigenvalue weighted by Gasteiger charge is 2.28. The molecular weight excluding hydrogens is 1090 g/mol. The van der Waals surface area contributed by atoms with Crippen LogP contribution in [-0.4, -0.2) is 56.8 Å². The monoisotopic (exact) mass is 1160 g/mol. The van der Waals surface area contributed by atoms with Gasteiger partial charge in [-0.2, -0.15) is 0 Å². The number of aromatic nitrogens is 3. The number of pyridine rings is 3. The number of hydrogen-bond donors (Lipinski definition) is 4. The van der Waals surface area contributed by atoms with E-state index in [0.717, 1.165) is 115 Å². The van der Waals surface area contributed by atoms with E-state index in [4.69, 9.17) is 15.3 Å². The largest absolute Gasteiger partial charge is 0.396 e. The van der Waals surface area contributed by atoms with Crippen molar-refractivity contribution in [3.05, 3.63) is 303 Å². The lowest BCUT2D eigenvalue weighted by atomic mass is 9.88. The smallest absolute Gasteiger partial charge is 0.196 e. The van der Waals surface area contributed by atoms with Crippen LogP contribution in [0.25, 0.3) is 67.4 Å². The maximum absolute atomic E-state index is 12.9. The number of nitrogens with zero attached hydrogens (tertiary/aromatic N) is 3. The molecule has 11 heteroatoms. The molecule has 8 aromatic carbocycles. The van der Waals surface area contributed by atoms with Crippen LogP contribution in [0.3, 0.4) is 0 Å². The second-order valence-electron chi connectivity index (χ2n) is 22.9. The summed E-state index contributed by atoms with van der Waals surface area (Å²) in [6.45, 7) is 5.07. The van der Waals surface area contributed by atoms with Crippen molar-refractivity contribution in [1.82, 2.24) is 0 Å². The molecule has 11 nitrogen and oxygen atoms in total. The molecule has 88 heavy (non-hydrogen) atoms. The molecule has 4 aliphatic carbocycles. The number of hydrogen-bond acceptors (Lipinski definition) is 8. The Bertz CT molecular complexity index is 4700. The van der Waals surface area contributed by atoms with Crippen LogP contribution >= 0.6 is 0 Å². The summed E-state index contributed by atoms with van der Waals surface area (Å²) in [7, 11) is 0. The van der Waals surface area contributed by atoms with E-state index in [2.05, 4.69) is 18.2 Å². The summed E-state index contributed by atoms with van der Waals surface area (Å²) in [5.41, 5.74) is 12.1. The van der Waals surface area contributed by atoms with Crippen molar-refractivity contribution in [2.75, 3.05) is 13.2 Å². The van der Waals surface area contributed by atoms with Gasteiger partial charge in [0.25, 0.3) is 0 Å². The van der Waals surface area contributed by atoms with E-state index in [9.17, 15) is 24.3 Å². The maximum Gasteiger partial charge on any atom is 0.196 e. The SMILES string of the molecule is CC(C)(O)c1cc[n+](CC2=Cc3cccc4cccc(c34)C2=O)cc1.O=C1C(CO)=Cc2cccc3cccc1c23.O=C1C(C[n+]2ccc(CCO)cc2)=Cc2cccc3cccc1c23.O=C1C(C[n+]2ccc(CO)cc2)=Cc2cccc3cccc1c23. The van der Waals surface area contributed by atoms with Gasteiger partial charge in [-0.3, -0.25) is 19.2 Å². The summed E-state index contributed by atoms with van der Waals surface area (Å²) in [4.78, 5) is 50.6. The average Bonchev–Trinajstić information content (AvgIpc) is 1.54. The molecule has 15 rings (SSSR count). The Hall–Kier alpha value is -10.3. The van der Waals surface area contributed by atoms with Gasteiger partial charge >= 0.3 is 0 Å². The normalized spacial score (nSPS) is 13.6. The molecule has 4 aliphatic rings. The zero-order chi connectivity index (χ0) is 61.1. The van der Waals surface area contributed by atoms with Crippen LogP contribution in [0.2, 0.25) is 0 Å². The Morgan fingerprint density at radius 2 is 0.625 bits per heavy atom. The van der Waals surface area contributed by atoms with Gasteiger partial charge in [0.1, 0.15) is 0 Å². The Morgan fingerprint density at radius 3 is 0.920 bits per heavy atom. The van der Waals surface area contributed by atoms with Gasteiger partial charge < -0.3 is 20.4 Å². The summed E-state index contributed by atoms with van der Waals surface area (Å²) in [5, 5.41) is 45.8. The fraction of sp³-hybridized carbons (Fsp3) is 0.130. The molecule has 432 valence electrons. The van der Waals surface area contributed by atoms with Crippen molar-refractivity contribution in [3.8, 4) is 0 Å². The van der Waals surface area contributed by atoms with Crippen LogP contribution in [0.5, 0.6) is 0 Å². The van der Waals surface area contributed by atoms with Gasteiger partial charge in [0.2, 0.25) is 0 Å². The van der Waals surface area contributed by atoms with E-state index in [0.29, 0.717) is 37.2 Å². The number of carbonyl (C=O) groups is 4. The van der Waals surface area contributed by atoms with Crippen molar-refractivity contribution in [2.24, 2.45) is 0 Å². The van der Waals surface area contributed by atoms with Crippen molar-refractivity contribution < 1.29 is 53.3 Å². The summed E-state index contributed by atoms with van der Waals surface area (Å²) in [5.74, 6) is 0.217.